The van der Waals surface area contributed by atoms with Crippen molar-refractivity contribution in [2.75, 3.05) is 10.6 Å². The number of nitrogen functional groups attached to an aromatic ring is 1. The molecule has 28 rings (SSSR count). The first-order valence-corrected chi connectivity index (χ1v) is 40.4. The van der Waals surface area contributed by atoms with Crippen molar-refractivity contribution in [2.24, 2.45) is 0 Å². The fourth-order valence-corrected chi connectivity index (χ4v) is 19.3. The highest BCUT2D eigenvalue weighted by atomic mass is 79.9. The molecule has 118 heavy (non-hydrogen) atoms. The molecule has 560 valence electrons. The smallest absolute Gasteiger partial charge is 0.331 e. The van der Waals surface area contributed by atoms with E-state index >= 15 is 0 Å². The molecule has 0 aliphatic rings. The predicted molar refractivity (Wildman–Crippen MR) is 479 cm³/mol. The molecule has 23 nitrogen and oxygen atoms in total. The van der Waals surface area contributed by atoms with Crippen molar-refractivity contribution in [1.29, 1.82) is 0 Å². The Balaban J connectivity index is 0.0000000888. The van der Waals surface area contributed by atoms with Crippen LogP contribution in [0.1, 0.15) is 0 Å². The van der Waals surface area contributed by atoms with Gasteiger partial charge in [0, 0.05) is 24.8 Å². The van der Waals surface area contributed by atoms with Crippen LogP contribution in [-0.4, -0.2) is 88.6 Å². The number of para-hydroxylation sites is 18. The molecule has 14 aromatic carbocycles. The molecule has 0 atom stereocenters. The second-order valence-corrected chi connectivity index (χ2v) is 32.0. The predicted octanol–water partition coefficient (Wildman–Crippen LogP) is 20.7. The van der Waals surface area contributed by atoms with Gasteiger partial charge >= 0.3 is 11.4 Å². The van der Waals surface area contributed by atoms with Crippen LogP contribution in [0.25, 0.3) is 184 Å². The molecule has 0 bridgehead atoms. The summed E-state index contributed by atoms with van der Waals surface area (Å²) in [7, 11) is 0. The number of fused-ring (bicyclic) bond motifs is 32. The zero-order valence-electron chi connectivity index (χ0n) is 61.4. The van der Waals surface area contributed by atoms with Crippen molar-refractivity contribution in [3.05, 3.63) is 338 Å². The Bertz CT molecular complexity index is 8430. The number of halogens is 3. The van der Waals surface area contributed by atoms with Gasteiger partial charge < -0.3 is 20.6 Å². The number of hydrogen-bond donors (Lipinski definition) is 3. The maximum absolute atomic E-state index is 12.6. The molecule has 4 N–H and O–H groups in total. The number of imidazole rings is 14. The summed E-state index contributed by atoms with van der Waals surface area (Å²) < 4.78 is 25.8. The van der Waals surface area contributed by atoms with E-state index in [1.54, 1.807) is 12.1 Å². The number of anilines is 4. The Labute approximate surface area is 686 Å². The molecule has 26 heteroatoms. The number of nitrogens with zero attached hydrogens (tertiary/aromatic N) is 18. The molecule has 0 aliphatic carbocycles. The first kappa shape index (κ1) is 66.3. The largest absolute Gasteiger partial charge is 0.395 e. The summed E-state index contributed by atoms with van der Waals surface area (Å²) in [5, 5.41) is 0. The number of hydrogen-bond acceptors (Lipinski definition) is 10. The van der Waals surface area contributed by atoms with E-state index in [1.165, 1.54) is 9.13 Å². The number of rotatable bonds is 5. The van der Waals surface area contributed by atoms with Gasteiger partial charge in [0.1, 0.15) is 16.6 Å². The van der Waals surface area contributed by atoms with E-state index in [9.17, 15) is 9.59 Å². The van der Waals surface area contributed by atoms with Crippen LogP contribution in [0.15, 0.2) is 326 Å². The number of H-pyrrole nitrogens is 2. The van der Waals surface area contributed by atoms with E-state index in [4.69, 9.17) is 35.6 Å². The van der Waals surface area contributed by atoms with Crippen molar-refractivity contribution in [2.45, 2.75) is 0 Å². The minimum absolute atomic E-state index is 0.303. The van der Waals surface area contributed by atoms with Crippen molar-refractivity contribution in [3.8, 4) is 11.4 Å². The summed E-state index contributed by atoms with van der Waals surface area (Å²) in [6.07, 6.45) is 0. The molecular weight excluding hydrogens is 1670 g/mol. The average molecular weight is 1730 g/mol. The lowest BCUT2D eigenvalue weighted by molar-refractivity contribution is 0.990. The molecule has 14 heterocycles. The lowest BCUT2D eigenvalue weighted by Crippen LogP contribution is -2.20. The van der Waals surface area contributed by atoms with Crippen LogP contribution < -0.4 is 22.0 Å². The van der Waals surface area contributed by atoms with E-state index in [1.807, 2.05) is 84.9 Å². The summed E-state index contributed by atoms with van der Waals surface area (Å²) >= 11 is 10.9. The van der Waals surface area contributed by atoms with Crippen LogP contribution in [0.3, 0.4) is 0 Å². The third-order valence-electron chi connectivity index (χ3n) is 22.7. The number of nitrogens with two attached hydrogens (primary N) is 1. The Hall–Kier alpha value is -15.1. The van der Waals surface area contributed by atoms with E-state index in [2.05, 4.69) is 309 Å². The van der Waals surface area contributed by atoms with Crippen LogP contribution >= 0.6 is 47.8 Å². The molecule has 0 saturated heterocycles. The minimum atomic E-state index is -0.303. The SMILES string of the molecule is Brc1cc2c3c(c1)n1c4ccccc4nc1n3c1nc3ccccc3n21.Brc1cc2c3c(c1)n1c4ccccc4nc1n3c1nc3ccccc3n21.Nc1c(-n2c(=O)[nH]c3ccccc32)cc(Br)cc1-n1c(=O)[nH]c2ccccc21.c1ccc(N(c2ccccc2)c2cc3c4c(c2)n2c5ccccc5nc2n4c2nc4ccccc4n32)cc1. The van der Waals surface area contributed by atoms with Crippen molar-refractivity contribution < 1.29 is 0 Å². The fraction of sp³-hybridized carbons (Fsp3) is 0. The lowest BCUT2D eigenvalue weighted by Gasteiger charge is -2.25. The van der Waals surface area contributed by atoms with Gasteiger partial charge in [0.15, 0.2) is 0 Å². The molecule has 0 saturated carbocycles. The summed E-state index contributed by atoms with van der Waals surface area (Å²) in [4.78, 5) is 63.1. The Morgan fingerprint density at radius 3 is 0.780 bits per heavy atom. The van der Waals surface area contributed by atoms with Gasteiger partial charge in [-0.05, 0) is 170 Å². The van der Waals surface area contributed by atoms with Crippen LogP contribution in [0, 0.1) is 0 Å². The first-order valence-electron chi connectivity index (χ1n) is 38.1. The molecule has 0 spiro atoms. The quantitative estimate of drug-likeness (QED) is 0.138. The molecule has 28 aromatic rings. The Kier molecular flexibility index (Phi) is 13.9. The number of aromatic amines is 2. The second kappa shape index (κ2) is 24.7. The van der Waals surface area contributed by atoms with Gasteiger partial charge in [-0.25, -0.2) is 52.7 Å². The first-order chi connectivity index (χ1) is 58.0. The van der Waals surface area contributed by atoms with E-state index in [-0.39, 0.29) is 11.4 Å². The zero-order valence-corrected chi connectivity index (χ0v) is 66.2. The average Bonchev–Trinajstić information content (AvgIpc) is 1.54. The van der Waals surface area contributed by atoms with E-state index in [0.29, 0.717) is 43.6 Å². The molecule has 0 amide bonds. The van der Waals surface area contributed by atoms with Gasteiger partial charge in [-0.2, -0.15) is 0 Å². The molecular formula is C92H54Br3N21O2. The molecule has 14 aromatic heterocycles. The highest BCUT2D eigenvalue weighted by Gasteiger charge is 2.30. The van der Waals surface area contributed by atoms with Crippen molar-refractivity contribution in [1.82, 2.24) is 88.6 Å². The standard InChI is InChI=1S/C32H20N6.C20H14BrN5O2.2C20H10BrN5/c1-3-11-21(12-4-1)35(22-13-5-2-6-14-22)23-19-28-30-29(20-23)37-27-18-10-8-16-25(27)34-32(37)38(30)31-33-24-15-7-9-17-26(24)36(28)31;21-11-9-16(25-14-7-3-1-5-12(14)23-19(25)27)18(22)17(10-11)26-15-8-4-2-6-13(15)24-20(26)28;2*21-11-9-16-18-17(10-11)25-15-8-4-2-6-13(15)23-20(25)26(18)19-22-12-5-1-3-7-14(12)24(16)19/h1-20H;1-10H,22H2,(H,23,27)(H,24,28);2*1-10H. The highest BCUT2D eigenvalue weighted by Crippen LogP contribution is 2.44. The van der Waals surface area contributed by atoms with Crippen LogP contribution in [0.5, 0.6) is 0 Å². The number of benzene rings is 14. The normalized spacial score (nSPS) is 12.3. The number of aromatic nitrogens is 19. The lowest BCUT2D eigenvalue weighted by atomic mass is 10.1. The summed E-state index contributed by atoms with van der Waals surface area (Å²) in [6, 6.07) is 102. The monoisotopic (exact) mass is 1720 g/mol. The van der Waals surface area contributed by atoms with Crippen LogP contribution in [-0.2, 0) is 0 Å². The molecule has 0 radical (unpaired) electrons. The number of nitrogens with one attached hydrogen (secondary N) is 2. The summed E-state index contributed by atoms with van der Waals surface area (Å²) in [5.41, 5.74) is 36.0. The van der Waals surface area contributed by atoms with Gasteiger partial charge in [0.2, 0.25) is 34.7 Å². The zero-order chi connectivity index (χ0) is 78.2. The highest BCUT2D eigenvalue weighted by molar-refractivity contribution is 9.11. The maximum Gasteiger partial charge on any atom is 0.331 e. The van der Waals surface area contributed by atoms with Gasteiger partial charge in [-0.1, -0.05) is 181 Å². The summed E-state index contributed by atoms with van der Waals surface area (Å²) in [5.74, 6) is 5.34. The van der Waals surface area contributed by atoms with Gasteiger partial charge in [-0.3, -0.25) is 35.5 Å². The molecule has 0 fully saturated rings. The third-order valence-corrected chi connectivity index (χ3v) is 24.1. The van der Waals surface area contributed by atoms with Gasteiger partial charge in [0.05, 0.1) is 144 Å². The van der Waals surface area contributed by atoms with E-state index in [0.717, 1.165) is 177 Å². The van der Waals surface area contributed by atoms with Gasteiger partial charge in [0.25, 0.3) is 0 Å². The second-order valence-electron chi connectivity index (χ2n) is 29.3. The maximum atomic E-state index is 12.6. The molecule has 0 unspecified atom stereocenters. The Morgan fingerprint density at radius 1 is 0.254 bits per heavy atom. The van der Waals surface area contributed by atoms with Crippen LogP contribution in [0.2, 0.25) is 0 Å². The van der Waals surface area contributed by atoms with Crippen molar-refractivity contribution >= 4 is 243 Å². The summed E-state index contributed by atoms with van der Waals surface area (Å²) in [6.45, 7) is 0. The Morgan fingerprint density at radius 2 is 0.492 bits per heavy atom. The topological polar surface area (TPSA) is 222 Å². The van der Waals surface area contributed by atoms with Crippen molar-refractivity contribution in [3.63, 3.8) is 0 Å². The van der Waals surface area contributed by atoms with Gasteiger partial charge in [-0.15, -0.1) is 0 Å². The van der Waals surface area contributed by atoms with E-state index < -0.39 is 0 Å². The fourth-order valence-electron chi connectivity index (χ4n) is 18.0. The third kappa shape index (κ3) is 9.30. The minimum Gasteiger partial charge on any atom is -0.395 e. The molecule has 0 aliphatic heterocycles. The van der Waals surface area contributed by atoms with Crippen LogP contribution in [0.4, 0.5) is 22.7 Å².